The van der Waals surface area contributed by atoms with Crippen LogP contribution in [0.5, 0.6) is 0 Å². The second kappa shape index (κ2) is 9.09. The summed E-state index contributed by atoms with van der Waals surface area (Å²) in [7, 11) is 3.60. The summed E-state index contributed by atoms with van der Waals surface area (Å²) in [6.45, 7) is 7.64. The van der Waals surface area contributed by atoms with Gasteiger partial charge in [-0.05, 0) is 20.4 Å². The van der Waals surface area contributed by atoms with Crippen molar-refractivity contribution in [2.24, 2.45) is 0 Å². The first-order valence-corrected chi connectivity index (χ1v) is 5.53. The zero-order valence-electron chi connectivity index (χ0n) is 10.5. The Morgan fingerprint density at radius 1 is 1.13 bits per heavy atom. The summed E-state index contributed by atoms with van der Waals surface area (Å²) in [5.41, 5.74) is -0.0840. The van der Waals surface area contributed by atoms with Gasteiger partial charge in [0.25, 0.3) is 0 Å². The summed E-state index contributed by atoms with van der Waals surface area (Å²) in [4.78, 5) is 0. The van der Waals surface area contributed by atoms with Crippen molar-refractivity contribution in [3.63, 3.8) is 0 Å². The van der Waals surface area contributed by atoms with Gasteiger partial charge in [0, 0.05) is 13.7 Å². The zero-order valence-corrected chi connectivity index (χ0v) is 10.5. The molecule has 0 aliphatic heterocycles. The van der Waals surface area contributed by atoms with Gasteiger partial charge in [-0.25, -0.2) is 0 Å². The van der Waals surface area contributed by atoms with Crippen molar-refractivity contribution in [3.05, 3.63) is 0 Å². The Morgan fingerprint density at radius 2 is 1.80 bits per heavy atom. The highest BCUT2D eigenvalue weighted by molar-refractivity contribution is 4.75. The molecular formula is C11H25NO3. The Kier molecular flexibility index (Phi) is 9.00. The Balaban J connectivity index is 3.46. The molecule has 92 valence electrons. The van der Waals surface area contributed by atoms with Crippen molar-refractivity contribution in [2.75, 3.05) is 47.1 Å². The van der Waals surface area contributed by atoms with Crippen molar-refractivity contribution in [1.82, 2.24) is 5.32 Å². The number of rotatable bonds is 10. The maximum atomic E-state index is 5.77. The van der Waals surface area contributed by atoms with E-state index < -0.39 is 0 Å². The molecule has 0 bridgehead atoms. The van der Waals surface area contributed by atoms with Crippen molar-refractivity contribution in [3.8, 4) is 0 Å². The molecule has 0 saturated heterocycles. The van der Waals surface area contributed by atoms with Crippen LogP contribution in [0.4, 0.5) is 0 Å². The first kappa shape index (κ1) is 14.8. The fourth-order valence-electron chi connectivity index (χ4n) is 1.24. The van der Waals surface area contributed by atoms with Crippen LogP contribution in [0, 0.1) is 0 Å². The summed E-state index contributed by atoms with van der Waals surface area (Å²) in [5.74, 6) is 0. The molecule has 1 N–H and O–H groups in total. The molecule has 0 amide bonds. The van der Waals surface area contributed by atoms with Gasteiger partial charge in [-0.1, -0.05) is 6.92 Å². The quantitative estimate of drug-likeness (QED) is 0.558. The summed E-state index contributed by atoms with van der Waals surface area (Å²) in [6.07, 6.45) is 0.992. The molecule has 15 heavy (non-hydrogen) atoms. The molecule has 0 aliphatic rings. The fraction of sp³-hybridized carbons (Fsp3) is 1.00. The standard InChI is InChI=1S/C11H25NO3/c1-5-11(2,10-12-3)15-9-8-14-7-6-13-4/h12H,5-10H2,1-4H3. The second-order valence-electron chi connectivity index (χ2n) is 3.79. The topological polar surface area (TPSA) is 39.7 Å². The van der Waals surface area contributed by atoms with Crippen molar-refractivity contribution < 1.29 is 14.2 Å². The zero-order chi connectivity index (χ0) is 11.6. The highest BCUT2D eigenvalue weighted by atomic mass is 16.5. The van der Waals surface area contributed by atoms with Crippen LogP contribution in [0.25, 0.3) is 0 Å². The van der Waals surface area contributed by atoms with Gasteiger partial charge in [0.1, 0.15) is 0 Å². The molecule has 0 heterocycles. The third kappa shape index (κ3) is 7.73. The molecule has 0 aromatic carbocycles. The van der Waals surface area contributed by atoms with E-state index in [0.717, 1.165) is 13.0 Å². The summed E-state index contributed by atoms with van der Waals surface area (Å²) < 4.78 is 16.0. The van der Waals surface area contributed by atoms with Crippen LogP contribution in [-0.4, -0.2) is 52.7 Å². The maximum absolute atomic E-state index is 5.77. The van der Waals surface area contributed by atoms with Gasteiger partial charge in [0.2, 0.25) is 0 Å². The van der Waals surface area contributed by atoms with E-state index in [9.17, 15) is 0 Å². The van der Waals surface area contributed by atoms with E-state index in [1.807, 2.05) is 7.05 Å². The van der Waals surface area contributed by atoms with Crippen LogP contribution >= 0.6 is 0 Å². The maximum Gasteiger partial charge on any atom is 0.0776 e. The number of hydrogen-bond acceptors (Lipinski definition) is 4. The van der Waals surface area contributed by atoms with Crippen LogP contribution in [0.1, 0.15) is 20.3 Å². The number of nitrogens with one attached hydrogen (secondary N) is 1. The van der Waals surface area contributed by atoms with Crippen molar-refractivity contribution >= 4 is 0 Å². The van der Waals surface area contributed by atoms with E-state index in [1.165, 1.54) is 0 Å². The van der Waals surface area contributed by atoms with Crippen LogP contribution in [0.2, 0.25) is 0 Å². The van der Waals surface area contributed by atoms with Gasteiger partial charge in [0.15, 0.2) is 0 Å². The smallest absolute Gasteiger partial charge is 0.0776 e. The number of methoxy groups -OCH3 is 1. The summed E-state index contributed by atoms with van der Waals surface area (Å²) in [5, 5.41) is 3.13. The van der Waals surface area contributed by atoms with E-state index in [-0.39, 0.29) is 5.60 Å². The monoisotopic (exact) mass is 219 g/mol. The van der Waals surface area contributed by atoms with E-state index in [1.54, 1.807) is 7.11 Å². The molecule has 0 rings (SSSR count). The normalized spacial score (nSPS) is 15.2. The Morgan fingerprint density at radius 3 is 2.33 bits per heavy atom. The lowest BCUT2D eigenvalue weighted by atomic mass is 10.0. The molecule has 0 fully saturated rings. The molecular weight excluding hydrogens is 194 g/mol. The minimum atomic E-state index is -0.0840. The Hall–Kier alpha value is -0.160. The summed E-state index contributed by atoms with van der Waals surface area (Å²) >= 11 is 0. The Labute approximate surface area is 93.3 Å². The number of hydrogen-bond donors (Lipinski definition) is 1. The van der Waals surface area contributed by atoms with E-state index >= 15 is 0 Å². The molecule has 4 nitrogen and oxygen atoms in total. The predicted octanol–water partition coefficient (Wildman–Crippen LogP) is 1.05. The minimum absolute atomic E-state index is 0.0840. The highest BCUT2D eigenvalue weighted by Crippen LogP contribution is 2.13. The third-order valence-corrected chi connectivity index (χ3v) is 2.41. The lowest BCUT2D eigenvalue weighted by Gasteiger charge is -2.28. The van der Waals surface area contributed by atoms with Gasteiger partial charge in [0.05, 0.1) is 32.0 Å². The first-order chi connectivity index (χ1) is 7.18. The number of ether oxygens (including phenoxy) is 3. The molecule has 1 atom stereocenters. The predicted molar refractivity (Wildman–Crippen MR) is 61.3 cm³/mol. The molecule has 0 saturated carbocycles. The van der Waals surface area contributed by atoms with E-state index in [0.29, 0.717) is 26.4 Å². The first-order valence-electron chi connectivity index (χ1n) is 5.53. The second-order valence-corrected chi connectivity index (χ2v) is 3.79. The van der Waals surface area contributed by atoms with Gasteiger partial charge in [-0.15, -0.1) is 0 Å². The van der Waals surface area contributed by atoms with Crippen LogP contribution in [-0.2, 0) is 14.2 Å². The summed E-state index contributed by atoms with van der Waals surface area (Å²) in [6, 6.07) is 0. The lowest BCUT2D eigenvalue weighted by Crippen LogP contribution is -2.39. The van der Waals surface area contributed by atoms with Crippen molar-refractivity contribution in [1.29, 1.82) is 0 Å². The average molecular weight is 219 g/mol. The van der Waals surface area contributed by atoms with Crippen LogP contribution < -0.4 is 5.32 Å². The fourth-order valence-corrected chi connectivity index (χ4v) is 1.24. The van der Waals surface area contributed by atoms with Gasteiger partial charge in [-0.3, -0.25) is 0 Å². The lowest BCUT2D eigenvalue weighted by molar-refractivity contribution is -0.0603. The molecule has 0 spiro atoms. The Bertz CT molecular complexity index is 144. The minimum Gasteiger partial charge on any atom is -0.382 e. The molecule has 0 radical (unpaired) electrons. The number of likely N-dealkylation sites (N-methyl/N-ethyl adjacent to an activating group) is 1. The van der Waals surface area contributed by atoms with Gasteiger partial charge < -0.3 is 19.5 Å². The molecule has 0 aromatic rings. The van der Waals surface area contributed by atoms with Crippen LogP contribution in [0.3, 0.4) is 0 Å². The average Bonchev–Trinajstić information content (AvgIpc) is 2.24. The SMILES string of the molecule is CCC(C)(CNC)OCCOCCOC. The molecule has 1 unspecified atom stereocenters. The molecule has 4 heteroatoms. The van der Waals surface area contributed by atoms with E-state index in [4.69, 9.17) is 14.2 Å². The van der Waals surface area contributed by atoms with Crippen molar-refractivity contribution in [2.45, 2.75) is 25.9 Å². The molecule has 0 aromatic heterocycles. The van der Waals surface area contributed by atoms with Gasteiger partial charge >= 0.3 is 0 Å². The third-order valence-electron chi connectivity index (χ3n) is 2.41. The largest absolute Gasteiger partial charge is 0.382 e. The van der Waals surface area contributed by atoms with E-state index in [2.05, 4.69) is 19.2 Å². The van der Waals surface area contributed by atoms with Crippen LogP contribution in [0.15, 0.2) is 0 Å². The molecule has 0 aliphatic carbocycles. The van der Waals surface area contributed by atoms with Gasteiger partial charge in [-0.2, -0.15) is 0 Å². The highest BCUT2D eigenvalue weighted by Gasteiger charge is 2.21.